The number of anilines is 1. The topological polar surface area (TPSA) is 63.2 Å². The van der Waals surface area contributed by atoms with Crippen LogP contribution in [0.5, 0.6) is 0 Å². The number of hydrogen-bond acceptors (Lipinski definition) is 4. The van der Waals surface area contributed by atoms with Crippen molar-refractivity contribution in [1.82, 2.24) is 0 Å². The lowest BCUT2D eigenvalue weighted by atomic mass is 9.90. The van der Waals surface area contributed by atoms with Gasteiger partial charge in [0.25, 0.3) is 0 Å². The largest absolute Gasteiger partial charge is 0.324 e. The number of benzene rings is 2. The lowest BCUT2D eigenvalue weighted by molar-refractivity contribution is -0.116. The third kappa shape index (κ3) is 3.33. The van der Waals surface area contributed by atoms with E-state index in [9.17, 15) is 17.6 Å². The van der Waals surface area contributed by atoms with Gasteiger partial charge in [0.2, 0.25) is 15.7 Å². The number of rotatable bonds is 3. The number of hydrogen-bond donors (Lipinski definition) is 1. The van der Waals surface area contributed by atoms with Gasteiger partial charge in [0.1, 0.15) is 10.7 Å². The normalized spacial score (nSPS) is 16.5. The predicted molar refractivity (Wildman–Crippen MR) is 108 cm³/mol. The van der Waals surface area contributed by atoms with E-state index in [1.807, 2.05) is 0 Å². The van der Waals surface area contributed by atoms with Crippen LogP contribution in [0.15, 0.2) is 57.6 Å². The molecule has 1 aromatic heterocycles. The summed E-state index contributed by atoms with van der Waals surface area (Å²) in [6.07, 6.45) is 0.0965. The summed E-state index contributed by atoms with van der Waals surface area (Å²) >= 11 is 13.3. The van der Waals surface area contributed by atoms with Gasteiger partial charge in [-0.3, -0.25) is 4.79 Å². The highest BCUT2D eigenvalue weighted by atomic mass is 35.5. The molecule has 0 spiro atoms. The first-order valence-corrected chi connectivity index (χ1v) is 11.3. The first-order chi connectivity index (χ1) is 13.3. The molecule has 4 nitrogen and oxygen atoms in total. The molecule has 9 heteroatoms. The molecule has 0 saturated carbocycles. The van der Waals surface area contributed by atoms with Crippen LogP contribution in [0.3, 0.4) is 0 Å². The number of sulfone groups is 1. The lowest BCUT2D eigenvalue weighted by Crippen LogP contribution is -2.23. The number of carbonyl (C=O) groups excluding carboxylic acids is 1. The maximum absolute atomic E-state index is 13.4. The minimum Gasteiger partial charge on any atom is -0.324 e. The maximum Gasteiger partial charge on any atom is 0.225 e. The van der Waals surface area contributed by atoms with E-state index in [2.05, 4.69) is 5.32 Å². The number of carbonyl (C=O) groups is 1. The van der Waals surface area contributed by atoms with E-state index >= 15 is 0 Å². The van der Waals surface area contributed by atoms with Crippen LogP contribution in [-0.4, -0.2) is 14.3 Å². The number of fused-ring (bicyclic) bond motifs is 1. The summed E-state index contributed by atoms with van der Waals surface area (Å²) in [5.74, 6) is -1.26. The van der Waals surface area contributed by atoms with Gasteiger partial charge in [0.15, 0.2) is 0 Å². The zero-order valence-corrected chi connectivity index (χ0v) is 17.2. The fraction of sp³-hybridized carbons (Fsp3) is 0.105. The summed E-state index contributed by atoms with van der Waals surface area (Å²) in [6, 6.07) is 9.80. The Bertz CT molecular complexity index is 1190. The lowest BCUT2D eigenvalue weighted by Gasteiger charge is -2.24. The van der Waals surface area contributed by atoms with E-state index in [4.69, 9.17) is 23.2 Å². The minimum atomic E-state index is -3.86. The Hall–Kier alpha value is -1.93. The molecule has 0 aliphatic carbocycles. The molecule has 2 aromatic carbocycles. The number of thiophene rings is 1. The Morgan fingerprint density at radius 3 is 2.50 bits per heavy atom. The zero-order valence-electron chi connectivity index (χ0n) is 14.1. The van der Waals surface area contributed by atoms with Crippen LogP contribution in [-0.2, 0) is 14.6 Å². The van der Waals surface area contributed by atoms with Crippen LogP contribution in [0.4, 0.5) is 10.1 Å². The molecule has 0 unspecified atom stereocenters. The van der Waals surface area contributed by atoms with Crippen molar-refractivity contribution in [3.05, 3.63) is 74.1 Å². The van der Waals surface area contributed by atoms with Crippen molar-refractivity contribution in [3.8, 4) is 0 Å². The summed E-state index contributed by atoms with van der Waals surface area (Å²) in [6.45, 7) is 0. The third-order valence-corrected chi connectivity index (χ3v) is 8.13. The standard InChI is InChI=1S/C19H12Cl2FNO3S2/c20-10-1-4-12(5-2-10)28(25,26)16-9-27-19-14(8-17(24)23-18(16)19)13-6-3-11(22)7-15(13)21/h1-7,9,14H,8H2,(H,23,24)/t14-/m1/s1. The molecule has 0 bridgehead atoms. The summed E-state index contributed by atoms with van der Waals surface area (Å²) in [5, 5.41) is 4.80. The molecule has 1 aliphatic rings. The van der Waals surface area contributed by atoms with Gasteiger partial charge in [-0.25, -0.2) is 12.8 Å². The molecule has 2 heterocycles. The van der Waals surface area contributed by atoms with E-state index in [0.717, 1.165) is 0 Å². The first kappa shape index (κ1) is 19.4. The summed E-state index contributed by atoms with van der Waals surface area (Å²) in [7, 11) is -3.86. The highest BCUT2D eigenvalue weighted by Gasteiger charge is 2.35. The van der Waals surface area contributed by atoms with Crippen molar-refractivity contribution in [3.63, 3.8) is 0 Å². The second-order valence-electron chi connectivity index (χ2n) is 6.27. The Balaban J connectivity index is 1.84. The van der Waals surface area contributed by atoms with E-state index in [-0.39, 0.29) is 32.8 Å². The first-order valence-electron chi connectivity index (χ1n) is 8.14. The van der Waals surface area contributed by atoms with Crippen LogP contribution in [0.2, 0.25) is 10.0 Å². The van der Waals surface area contributed by atoms with Crippen molar-refractivity contribution in [1.29, 1.82) is 0 Å². The third-order valence-electron chi connectivity index (χ3n) is 4.51. The summed E-state index contributed by atoms with van der Waals surface area (Å²) < 4.78 is 39.6. The van der Waals surface area contributed by atoms with Crippen molar-refractivity contribution < 1.29 is 17.6 Å². The second kappa shape index (κ2) is 7.15. The SMILES string of the molecule is O=C1C[C@H](c2ccc(F)cc2Cl)c2scc(S(=O)(=O)c3ccc(Cl)cc3)c2N1. The molecular formula is C19H12Cl2FNO3S2. The average Bonchev–Trinajstić information content (AvgIpc) is 3.06. The molecule has 1 aliphatic heterocycles. The smallest absolute Gasteiger partial charge is 0.225 e. The zero-order chi connectivity index (χ0) is 20.1. The second-order valence-corrected chi connectivity index (χ2v) is 9.94. The molecule has 4 rings (SSSR count). The number of amides is 1. The van der Waals surface area contributed by atoms with Crippen molar-refractivity contribution in [2.75, 3.05) is 5.32 Å². The van der Waals surface area contributed by atoms with Crippen LogP contribution < -0.4 is 5.32 Å². The van der Waals surface area contributed by atoms with Crippen LogP contribution in [0.25, 0.3) is 0 Å². The summed E-state index contributed by atoms with van der Waals surface area (Å²) in [5.41, 5.74) is 0.832. The molecule has 1 atom stereocenters. The van der Waals surface area contributed by atoms with Gasteiger partial charge in [-0.1, -0.05) is 29.3 Å². The minimum absolute atomic E-state index is 0.0195. The fourth-order valence-electron chi connectivity index (χ4n) is 3.18. The maximum atomic E-state index is 13.4. The predicted octanol–water partition coefficient (Wildman–Crippen LogP) is 5.50. The van der Waals surface area contributed by atoms with E-state index in [0.29, 0.717) is 15.5 Å². The highest BCUT2D eigenvalue weighted by molar-refractivity contribution is 7.91. The van der Waals surface area contributed by atoms with Gasteiger partial charge >= 0.3 is 0 Å². The van der Waals surface area contributed by atoms with Gasteiger partial charge in [-0.15, -0.1) is 11.3 Å². The van der Waals surface area contributed by atoms with Gasteiger partial charge in [0, 0.05) is 32.6 Å². The van der Waals surface area contributed by atoms with Crippen molar-refractivity contribution in [2.45, 2.75) is 22.1 Å². The quantitative estimate of drug-likeness (QED) is 0.566. The number of nitrogens with one attached hydrogen (secondary N) is 1. The van der Waals surface area contributed by atoms with Gasteiger partial charge < -0.3 is 5.32 Å². The molecule has 0 fully saturated rings. The molecular weight excluding hydrogens is 444 g/mol. The van der Waals surface area contributed by atoms with Gasteiger partial charge in [-0.05, 0) is 42.0 Å². The van der Waals surface area contributed by atoms with E-state index in [1.54, 1.807) is 0 Å². The van der Waals surface area contributed by atoms with Crippen molar-refractivity contribution in [2.24, 2.45) is 0 Å². The fourth-order valence-corrected chi connectivity index (χ4v) is 6.50. The van der Waals surface area contributed by atoms with Crippen molar-refractivity contribution >= 4 is 56.0 Å². The van der Waals surface area contributed by atoms with Crippen LogP contribution >= 0.6 is 34.5 Å². The monoisotopic (exact) mass is 455 g/mol. The molecule has 1 amide bonds. The molecule has 0 saturated heterocycles. The van der Waals surface area contributed by atoms with E-state index < -0.39 is 21.6 Å². The Morgan fingerprint density at radius 2 is 1.82 bits per heavy atom. The Labute approximate surface area is 174 Å². The number of halogens is 3. The average molecular weight is 456 g/mol. The van der Waals surface area contributed by atoms with Gasteiger partial charge in [0.05, 0.1) is 10.6 Å². The summed E-state index contributed by atoms with van der Waals surface area (Å²) in [4.78, 5) is 13.1. The Morgan fingerprint density at radius 1 is 1.11 bits per heavy atom. The molecule has 28 heavy (non-hydrogen) atoms. The highest BCUT2D eigenvalue weighted by Crippen LogP contribution is 2.47. The van der Waals surface area contributed by atoms with Gasteiger partial charge in [-0.2, -0.15) is 0 Å². The Kier molecular flexibility index (Phi) is 4.95. The van der Waals surface area contributed by atoms with Crippen LogP contribution in [0, 0.1) is 5.82 Å². The molecule has 3 aromatic rings. The van der Waals surface area contributed by atoms with Crippen LogP contribution in [0.1, 0.15) is 22.8 Å². The molecule has 144 valence electrons. The molecule has 0 radical (unpaired) electrons. The molecule has 1 N–H and O–H groups in total. The van der Waals surface area contributed by atoms with E-state index in [1.165, 1.54) is 59.2 Å².